The predicted octanol–water partition coefficient (Wildman–Crippen LogP) is 4.11. The van der Waals surface area contributed by atoms with E-state index < -0.39 is 0 Å². The number of rotatable bonds is 2. The molecule has 0 aliphatic carbocycles. The summed E-state index contributed by atoms with van der Waals surface area (Å²) in [7, 11) is 0. The average Bonchev–Trinajstić information content (AvgIpc) is 2.29. The molecule has 16 heavy (non-hydrogen) atoms. The maximum atomic E-state index is 5.89. The van der Waals surface area contributed by atoms with Gasteiger partial charge in [0, 0.05) is 24.2 Å². The van der Waals surface area contributed by atoms with Gasteiger partial charge in [-0.2, -0.15) is 0 Å². The first-order chi connectivity index (χ1) is 7.72. The van der Waals surface area contributed by atoms with Gasteiger partial charge in [-0.3, -0.25) is 0 Å². The molecule has 0 saturated carbocycles. The highest BCUT2D eigenvalue weighted by molar-refractivity contribution is 6.17. The van der Waals surface area contributed by atoms with Crippen molar-refractivity contribution >= 4 is 17.3 Å². The van der Waals surface area contributed by atoms with Crippen LogP contribution in [0.5, 0.6) is 0 Å². The summed E-state index contributed by atoms with van der Waals surface area (Å²) in [6.45, 7) is 5.67. The first-order valence-corrected chi connectivity index (χ1v) is 6.68. The lowest BCUT2D eigenvalue weighted by Gasteiger charge is -2.35. The Morgan fingerprint density at radius 1 is 1.38 bits per heavy atom. The van der Waals surface area contributed by atoms with Crippen molar-refractivity contribution in [3.63, 3.8) is 0 Å². The normalized spacial score (nSPS) is 21.2. The summed E-state index contributed by atoms with van der Waals surface area (Å²) < 4.78 is 0. The molecule has 1 fully saturated rings. The summed E-state index contributed by atoms with van der Waals surface area (Å²) in [6.07, 6.45) is 4.01. The van der Waals surface area contributed by atoms with E-state index in [1.807, 2.05) is 0 Å². The molecule has 2 heteroatoms. The molecule has 0 spiro atoms. The Balaban J connectivity index is 2.22. The van der Waals surface area contributed by atoms with E-state index in [4.69, 9.17) is 11.6 Å². The average molecular weight is 238 g/mol. The summed E-state index contributed by atoms with van der Waals surface area (Å²) >= 11 is 5.89. The van der Waals surface area contributed by atoms with Crippen LogP contribution in [0.15, 0.2) is 18.2 Å². The molecule has 1 heterocycles. The van der Waals surface area contributed by atoms with Gasteiger partial charge in [0.25, 0.3) is 0 Å². The zero-order valence-electron chi connectivity index (χ0n) is 10.2. The van der Waals surface area contributed by atoms with E-state index in [-0.39, 0.29) is 0 Å². The lowest BCUT2D eigenvalue weighted by molar-refractivity contribution is 0.485. The Bertz CT molecular complexity index is 362. The summed E-state index contributed by atoms with van der Waals surface area (Å²) in [5.41, 5.74) is 3.92. The smallest absolute Gasteiger partial charge is 0.0476 e. The molecule has 1 nitrogen and oxygen atoms in total. The van der Waals surface area contributed by atoms with E-state index in [1.165, 1.54) is 42.6 Å². The van der Waals surface area contributed by atoms with E-state index in [9.17, 15) is 0 Å². The number of benzene rings is 1. The molecule has 1 atom stereocenters. The number of hydrogen-bond donors (Lipinski definition) is 0. The Kier molecular flexibility index (Phi) is 3.75. The third kappa shape index (κ3) is 2.35. The summed E-state index contributed by atoms with van der Waals surface area (Å²) in [5.74, 6) is 0.613. The van der Waals surface area contributed by atoms with Crippen molar-refractivity contribution in [2.75, 3.05) is 11.4 Å². The largest absolute Gasteiger partial charge is 0.369 e. The lowest BCUT2D eigenvalue weighted by Crippen LogP contribution is -2.37. The SMILES string of the molecule is Cc1cc(N2CCCCC2C)ccc1CCl. The number of alkyl halides is 1. The van der Waals surface area contributed by atoms with Crippen molar-refractivity contribution in [3.05, 3.63) is 29.3 Å². The Morgan fingerprint density at radius 2 is 2.19 bits per heavy atom. The van der Waals surface area contributed by atoms with Crippen molar-refractivity contribution in [3.8, 4) is 0 Å². The lowest BCUT2D eigenvalue weighted by atomic mass is 10.0. The summed E-state index contributed by atoms with van der Waals surface area (Å²) in [4.78, 5) is 2.52. The highest BCUT2D eigenvalue weighted by atomic mass is 35.5. The van der Waals surface area contributed by atoms with Crippen LogP contribution in [0.25, 0.3) is 0 Å². The van der Waals surface area contributed by atoms with Crippen molar-refractivity contribution in [1.82, 2.24) is 0 Å². The van der Waals surface area contributed by atoms with Crippen LogP contribution in [-0.2, 0) is 5.88 Å². The maximum absolute atomic E-state index is 5.89. The summed E-state index contributed by atoms with van der Waals surface area (Å²) in [5, 5.41) is 0. The monoisotopic (exact) mass is 237 g/mol. The fourth-order valence-electron chi connectivity index (χ4n) is 2.49. The number of hydrogen-bond acceptors (Lipinski definition) is 1. The van der Waals surface area contributed by atoms with Gasteiger partial charge < -0.3 is 4.90 Å². The highest BCUT2D eigenvalue weighted by Gasteiger charge is 2.18. The topological polar surface area (TPSA) is 3.24 Å². The van der Waals surface area contributed by atoms with Crippen LogP contribution >= 0.6 is 11.6 Å². The molecule has 1 aromatic rings. The fourth-order valence-corrected chi connectivity index (χ4v) is 2.79. The standard InChI is InChI=1S/C14H20ClN/c1-11-9-14(7-6-13(11)10-15)16-8-4-3-5-12(16)2/h6-7,9,12H,3-5,8,10H2,1-2H3. The van der Waals surface area contributed by atoms with Crippen LogP contribution in [0, 0.1) is 6.92 Å². The van der Waals surface area contributed by atoms with Gasteiger partial charge in [0.05, 0.1) is 0 Å². The van der Waals surface area contributed by atoms with Gasteiger partial charge in [0.1, 0.15) is 0 Å². The molecule has 0 bridgehead atoms. The Morgan fingerprint density at radius 3 is 2.81 bits per heavy atom. The van der Waals surface area contributed by atoms with E-state index >= 15 is 0 Å². The van der Waals surface area contributed by atoms with Gasteiger partial charge >= 0.3 is 0 Å². The minimum atomic E-state index is 0.613. The molecule has 88 valence electrons. The van der Waals surface area contributed by atoms with Crippen LogP contribution in [0.2, 0.25) is 0 Å². The molecule has 0 radical (unpaired) electrons. The van der Waals surface area contributed by atoms with Crippen molar-refractivity contribution in [2.24, 2.45) is 0 Å². The van der Waals surface area contributed by atoms with Gasteiger partial charge in [-0.25, -0.2) is 0 Å². The molecular formula is C14H20ClN. The second-order valence-corrected chi connectivity index (χ2v) is 5.05. The van der Waals surface area contributed by atoms with Crippen molar-refractivity contribution < 1.29 is 0 Å². The summed E-state index contributed by atoms with van der Waals surface area (Å²) in [6, 6.07) is 7.33. The first kappa shape index (κ1) is 11.8. The van der Waals surface area contributed by atoms with E-state index in [0.717, 1.165) is 0 Å². The second kappa shape index (κ2) is 5.09. The highest BCUT2D eigenvalue weighted by Crippen LogP contribution is 2.26. The molecule has 0 aromatic heterocycles. The van der Waals surface area contributed by atoms with E-state index in [0.29, 0.717) is 11.9 Å². The molecule has 1 aliphatic rings. The fraction of sp³-hybridized carbons (Fsp3) is 0.571. The number of piperidine rings is 1. The van der Waals surface area contributed by atoms with Crippen molar-refractivity contribution in [2.45, 2.75) is 45.0 Å². The van der Waals surface area contributed by atoms with Gasteiger partial charge in [-0.1, -0.05) is 6.07 Å². The minimum Gasteiger partial charge on any atom is -0.369 e. The molecule has 2 rings (SSSR count). The molecule has 1 unspecified atom stereocenters. The van der Waals surface area contributed by atoms with Gasteiger partial charge in [-0.05, 0) is 56.4 Å². The van der Waals surface area contributed by atoms with Crippen LogP contribution < -0.4 is 4.90 Å². The quantitative estimate of drug-likeness (QED) is 0.700. The zero-order chi connectivity index (χ0) is 11.5. The Labute approximate surface area is 103 Å². The molecular weight excluding hydrogens is 218 g/mol. The van der Waals surface area contributed by atoms with Gasteiger partial charge in [-0.15, -0.1) is 11.6 Å². The minimum absolute atomic E-state index is 0.613. The van der Waals surface area contributed by atoms with Gasteiger partial charge in [0.2, 0.25) is 0 Å². The third-order valence-corrected chi connectivity index (χ3v) is 3.89. The molecule has 0 N–H and O–H groups in total. The maximum Gasteiger partial charge on any atom is 0.0476 e. The number of nitrogens with zero attached hydrogens (tertiary/aromatic N) is 1. The van der Waals surface area contributed by atoms with Gasteiger partial charge in [0.15, 0.2) is 0 Å². The number of aryl methyl sites for hydroxylation is 1. The predicted molar refractivity (Wildman–Crippen MR) is 71.4 cm³/mol. The van der Waals surface area contributed by atoms with Crippen LogP contribution in [0.4, 0.5) is 5.69 Å². The third-order valence-electron chi connectivity index (χ3n) is 3.60. The molecule has 1 saturated heterocycles. The van der Waals surface area contributed by atoms with Crippen LogP contribution in [0.3, 0.4) is 0 Å². The van der Waals surface area contributed by atoms with E-state index in [1.54, 1.807) is 0 Å². The van der Waals surface area contributed by atoms with Crippen LogP contribution in [0.1, 0.15) is 37.3 Å². The number of anilines is 1. The molecule has 1 aliphatic heterocycles. The molecule has 0 amide bonds. The number of halogens is 1. The first-order valence-electron chi connectivity index (χ1n) is 6.14. The molecule has 1 aromatic carbocycles. The van der Waals surface area contributed by atoms with Crippen LogP contribution in [-0.4, -0.2) is 12.6 Å². The Hall–Kier alpha value is -0.690. The second-order valence-electron chi connectivity index (χ2n) is 4.78. The van der Waals surface area contributed by atoms with E-state index in [2.05, 4.69) is 36.9 Å². The zero-order valence-corrected chi connectivity index (χ0v) is 10.9. The van der Waals surface area contributed by atoms with Crippen molar-refractivity contribution in [1.29, 1.82) is 0 Å².